The molecule has 6 heteroatoms. The summed E-state index contributed by atoms with van der Waals surface area (Å²) < 4.78 is 1.92. The van der Waals surface area contributed by atoms with Crippen molar-refractivity contribution in [2.24, 2.45) is 0 Å². The van der Waals surface area contributed by atoms with E-state index in [9.17, 15) is 4.79 Å². The lowest BCUT2D eigenvalue weighted by Gasteiger charge is -2.09. The van der Waals surface area contributed by atoms with Crippen LogP contribution in [0.1, 0.15) is 41.9 Å². The number of aromatic nitrogens is 2. The summed E-state index contributed by atoms with van der Waals surface area (Å²) in [6.07, 6.45) is 3.56. The van der Waals surface area contributed by atoms with E-state index in [1.54, 1.807) is 6.20 Å². The number of carbonyl (C=O) groups excluding carboxylic acids is 1. The topological polar surface area (TPSA) is 58.9 Å². The molecular formula is C18H27ClN4O. The summed E-state index contributed by atoms with van der Waals surface area (Å²) in [5.74, 6) is -0.0422. The molecule has 0 aliphatic rings. The van der Waals surface area contributed by atoms with Crippen molar-refractivity contribution in [1.82, 2.24) is 20.4 Å². The summed E-state index contributed by atoms with van der Waals surface area (Å²) in [6.45, 7) is 7.27. The lowest BCUT2D eigenvalue weighted by Crippen LogP contribution is -2.32. The molecule has 2 N–H and O–H groups in total. The molecule has 0 atom stereocenters. The minimum absolute atomic E-state index is 0. The van der Waals surface area contributed by atoms with E-state index in [4.69, 9.17) is 0 Å². The molecule has 132 valence electrons. The average Bonchev–Trinajstić information content (AvgIpc) is 2.98. The molecule has 1 aromatic heterocycles. The van der Waals surface area contributed by atoms with E-state index in [1.807, 2.05) is 22.9 Å². The van der Waals surface area contributed by atoms with E-state index in [0.29, 0.717) is 18.7 Å². The van der Waals surface area contributed by atoms with Gasteiger partial charge in [0.2, 0.25) is 0 Å². The van der Waals surface area contributed by atoms with Crippen molar-refractivity contribution in [1.29, 1.82) is 0 Å². The van der Waals surface area contributed by atoms with Crippen LogP contribution in [-0.4, -0.2) is 35.3 Å². The Balaban J connectivity index is 0.00000288. The zero-order chi connectivity index (χ0) is 16.5. The van der Waals surface area contributed by atoms with Crippen molar-refractivity contribution in [2.75, 3.05) is 19.6 Å². The Morgan fingerprint density at radius 3 is 2.54 bits per heavy atom. The Kier molecular flexibility index (Phi) is 9.12. The molecule has 24 heavy (non-hydrogen) atoms. The standard InChI is InChI=1S/C18H26N4O.ClH/c1-3-10-19-11-12-20-18(23)16-13-21-22(17(16)4-2)14-15-8-6-5-7-9-15;/h5-9,13,19H,3-4,10-12,14H2,1-2H3,(H,20,23);1H. The van der Waals surface area contributed by atoms with Crippen LogP contribution in [0.15, 0.2) is 36.5 Å². The second-order valence-corrected chi connectivity index (χ2v) is 5.51. The molecule has 2 aromatic rings. The van der Waals surface area contributed by atoms with Crippen molar-refractivity contribution in [3.63, 3.8) is 0 Å². The predicted molar refractivity (Wildman–Crippen MR) is 99.9 cm³/mol. The van der Waals surface area contributed by atoms with E-state index in [0.717, 1.165) is 31.6 Å². The van der Waals surface area contributed by atoms with E-state index < -0.39 is 0 Å². The summed E-state index contributed by atoms with van der Waals surface area (Å²) in [7, 11) is 0. The van der Waals surface area contributed by atoms with Crippen molar-refractivity contribution in [2.45, 2.75) is 33.2 Å². The quantitative estimate of drug-likeness (QED) is 0.683. The molecule has 0 saturated carbocycles. The highest BCUT2D eigenvalue weighted by atomic mass is 35.5. The SMILES string of the molecule is CCCNCCNC(=O)c1cnn(Cc2ccccc2)c1CC.Cl. The normalized spacial score (nSPS) is 10.2. The van der Waals surface area contributed by atoms with Gasteiger partial charge in [-0.3, -0.25) is 9.48 Å². The minimum atomic E-state index is -0.0422. The number of hydrogen-bond acceptors (Lipinski definition) is 3. The van der Waals surface area contributed by atoms with Crippen LogP contribution in [0, 0.1) is 0 Å². The Morgan fingerprint density at radius 1 is 1.12 bits per heavy atom. The van der Waals surface area contributed by atoms with Crippen molar-refractivity contribution >= 4 is 18.3 Å². The van der Waals surface area contributed by atoms with Crippen molar-refractivity contribution in [3.05, 3.63) is 53.3 Å². The first-order valence-electron chi connectivity index (χ1n) is 8.33. The summed E-state index contributed by atoms with van der Waals surface area (Å²) >= 11 is 0. The third-order valence-electron chi connectivity index (χ3n) is 3.72. The number of carbonyl (C=O) groups is 1. The minimum Gasteiger partial charge on any atom is -0.351 e. The van der Waals surface area contributed by atoms with E-state index in [-0.39, 0.29) is 18.3 Å². The first kappa shape index (κ1) is 20.2. The van der Waals surface area contributed by atoms with Gasteiger partial charge in [0.1, 0.15) is 0 Å². The summed E-state index contributed by atoms with van der Waals surface area (Å²) in [5.41, 5.74) is 2.84. The Labute approximate surface area is 150 Å². The second-order valence-electron chi connectivity index (χ2n) is 5.51. The fraction of sp³-hybridized carbons (Fsp3) is 0.444. The van der Waals surface area contributed by atoms with Gasteiger partial charge >= 0.3 is 0 Å². The van der Waals surface area contributed by atoms with Gasteiger partial charge < -0.3 is 10.6 Å². The molecular weight excluding hydrogens is 324 g/mol. The largest absolute Gasteiger partial charge is 0.351 e. The number of hydrogen-bond donors (Lipinski definition) is 2. The molecule has 0 spiro atoms. The van der Waals surface area contributed by atoms with Gasteiger partial charge in [0.25, 0.3) is 5.91 Å². The lowest BCUT2D eigenvalue weighted by molar-refractivity contribution is 0.0953. The van der Waals surface area contributed by atoms with Crippen LogP contribution in [-0.2, 0) is 13.0 Å². The maximum atomic E-state index is 12.3. The van der Waals surface area contributed by atoms with E-state index in [2.05, 4.69) is 41.7 Å². The number of amides is 1. The number of rotatable bonds is 9. The fourth-order valence-corrected chi connectivity index (χ4v) is 2.53. The van der Waals surface area contributed by atoms with Gasteiger partial charge in [-0.2, -0.15) is 5.10 Å². The zero-order valence-electron chi connectivity index (χ0n) is 14.4. The third kappa shape index (κ3) is 5.65. The van der Waals surface area contributed by atoms with E-state index in [1.165, 1.54) is 5.56 Å². The van der Waals surface area contributed by atoms with Gasteiger partial charge in [-0.05, 0) is 24.9 Å². The molecule has 2 rings (SSSR count). The molecule has 1 aromatic carbocycles. The molecule has 0 radical (unpaired) electrons. The number of nitrogens with zero attached hydrogens (tertiary/aromatic N) is 2. The highest BCUT2D eigenvalue weighted by Gasteiger charge is 2.15. The number of nitrogens with one attached hydrogen (secondary N) is 2. The molecule has 1 amide bonds. The molecule has 0 fully saturated rings. The van der Waals surface area contributed by atoms with Gasteiger partial charge in [-0.1, -0.05) is 44.2 Å². The molecule has 0 aliphatic heterocycles. The van der Waals surface area contributed by atoms with Crippen molar-refractivity contribution in [3.8, 4) is 0 Å². The Bertz CT molecular complexity index is 613. The van der Waals surface area contributed by atoms with Crippen LogP contribution >= 0.6 is 12.4 Å². The molecule has 5 nitrogen and oxygen atoms in total. The van der Waals surface area contributed by atoms with Crippen LogP contribution in [0.5, 0.6) is 0 Å². The van der Waals surface area contributed by atoms with Crippen LogP contribution in [0.2, 0.25) is 0 Å². The first-order valence-corrected chi connectivity index (χ1v) is 8.33. The zero-order valence-corrected chi connectivity index (χ0v) is 15.2. The highest BCUT2D eigenvalue weighted by molar-refractivity contribution is 5.95. The van der Waals surface area contributed by atoms with Crippen molar-refractivity contribution < 1.29 is 4.79 Å². The Morgan fingerprint density at radius 2 is 1.88 bits per heavy atom. The average molecular weight is 351 g/mol. The fourth-order valence-electron chi connectivity index (χ4n) is 2.53. The van der Waals surface area contributed by atoms with E-state index >= 15 is 0 Å². The molecule has 0 aliphatic carbocycles. The summed E-state index contributed by atoms with van der Waals surface area (Å²) in [5, 5.41) is 10.6. The van der Waals surface area contributed by atoms with Crippen LogP contribution in [0.25, 0.3) is 0 Å². The number of halogens is 1. The first-order chi connectivity index (χ1) is 11.3. The molecule has 0 unspecified atom stereocenters. The van der Waals surface area contributed by atoms with Crippen LogP contribution in [0.4, 0.5) is 0 Å². The Hall–Kier alpha value is -1.85. The number of benzene rings is 1. The molecule has 0 bridgehead atoms. The van der Waals surface area contributed by atoms with Gasteiger partial charge in [-0.25, -0.2) is 0 Å². The molecule has 1 heterocycles. The monoisotopic (exact) mass is 350 g/mol. The van der Waals surface area contributed by atoms with Gasteiger partial charge in [-0.15, -0.1) is 12.4 Å². The summed E-state index contributed by atoms with van der Waals surface area (Å²) in [4.78, 5) is 12.3. The summed E-state index contributed by atoms with van der Waals surface area (Å²) in [6, 6.07) is 10.2. The maximum absolute atomic E-state index is 12.3. The van der Waals surface area contributed by atoms with Gasteiger partial charge in [0.05, 0.1) is 24.0 Å². The van der Waals surface area contributed by atoms with Gasteiger partial charge in [0.15, 0.2) is 0 Å². The van der Waals surface area contributed by atoms with Crippen LogP contribution in [0.3, 0.4) is 0 Å². The van der Waals surface area contributed by atoms with Gasteiger partial charge in [0, 0.05) is 13.1 Å². The lowest BCUT2D eigenvalue weighted by atomic mass is 10.1. The maximum Gasteiger partial charge on any atom is 0.254 e. The van der Waals surface area contributed by atoms with Crippen LogP contribution < -0.4 is 10.6 Å². The molecule has 0 saturated heterocycles. The third-order valence-corrected chi connectivity index (χ3v) is 3.72. The smallest absolute Gasteiger partial charge is 0.254 e. The predicted octanol–water partition coefficient (Wildman–Crippen LogP) is 2.65. The second kappa shape index (κ2) is 10.8. The highest BCUT2D eigenvalue weighted by Crippen LogP contribution is 2.12.